The molecule has 2 aromatic rings. The summed E-state index contributed by atoms with van der Waals surface area (Å²) in [5, 5.41) is 3.52. The van der Waals surface area contributed by atoms with Crippen molar-refractivity contribution < 1.29 is 0 Å². The third-order valence-corrected chi connectivity index (χ3v) is 4.89. The quantitative estimate of drug-likeness (QED) is 0.888. The molecule has 1 saturated heterocycles. The lowest BCUT2D eigenvalue weighted by Crippen LogP contribution is -2.40. The van der Waals surface area contributed by atoms with E-state index in [1.54, 1.807) is 0 Å². The fourth-order valence-corrected chi connectivity index (χ4v) is 3.66. The van der Waals surface area contributed by atoms with Crippen LogP contribution in [0.15, 0.2) is 24.3 Å². The Morgan fingerprint density at radius 1 is 1.22 bits per heavy atom. The fraction of sp³-hybridized carbons (Fsp3) is 0.632. The van der Waals surface area contributed by atoms with Crippen molar-refractivity contribution in [2.24, 2.45) is 0 Å². The van der Waals surface area contributed by atoms with Crippen molar-refractivity contribution in [3.63, 3.8) is 0 Å². The van der Waals surface area contributed by atoms with Crippen LogP contribution in [0.1, 0.15) is 45.5 Å². The van der Waals surface area contributed by atoms with Crippen molar-refractivity contribution in [1.29, 1.82) is 0 Å². The maximum Gasteiger partial charge on any atom is 0.109 e. The molecule has 3 rings (SSSR count). The molecule has 0 atom stereocenters. The van der Waals surface area contributed by atoms with E-state index in [0.29, 0.717) is 12.1 Å². The molecule has 4 nitrogen and oxygen atoms in total. The fourth-order valence-electron chi connectivity index (χ4n) is 3.66. The van der Waals surface area contributed by atoms with Gasteiger partial charge in [0.05, 0.1) is 11.0 Å². The van der Waals surface area contributed by atoms with Crippen molar-refractivity contribution in [1.82, 2.24) is 19.8 Å². The number of hydrogen-bond donors (Lipinski definition) is 1. The first kappa shape index (κ1) is 16.5. The van der Waals surface area contributed by atoms with Gasteiger partial charge in [-0.2, -0.15) is 0 Å². The Morgan fingerprint density at radius 2 is 1.96 bits per heavy atom. The number of hydrogen-bond acceptors (Lipinski definition) is 3. The lowest BCUT2D eigenvalue weighted by atomic mass is 10.0. The molecule has 0 unspecified atom stereocenters. The summed E-state index contributed by atoms with van der Waals surface area (Å²) >= 11 is 0. The van der Waals surface area contributed by atoms with Crippen LogP contribution >= 0.6 is 0 Å². The van der Waals surface area contributed by atoms with Gasteiger partial charge in [0.25, 0.3) is 0 Å². The Bertz CT molecular complexity index is 623. The second-order valence-electron chi connectivity index (χ2n) is 6.92. The van der Waals surface area contributed by atoms with Crippen LogP contribution < -0.4 is 5.32 Å². The molecule has 23 heavy (non-hydrogen) atoms. The standard InChI is InChI=1S/C19H30N4/c1-4-19-21-17-7-5-6-8-18(17)23(19)16-9-12-22(13-10-16)14-11-20-15(2)3/h5-8,15-16,20H,4,9-14H2,1-3H3. The van der Waals surface area contributed by atoms with Gasteiger partial charge in [-0.15, -0.1) is 0 Å². The molecule has 0 aliphatic carbocycles. The lowest BCUT2D eigenvalue weighted by Gasteiger charge is -2.33. The number of fused-ring (bicyclic) bond motifs is 1. The second kappa shape index (κ2) is 7.45. The van der Waals surface area contributed by atoms with E-state index >= 15 is 0 Å². The molecule has 4 heteroatoms. The number of imidazole rings is 1. The van der Waals surface area contributed by atoms with Crippen molar-refractivity contribution in [2.75, 3.05) is 26.2 Å². The molecular formula is C19H30N4. The molecular weight excluding hydrogens is 284 g/mol. The Hall–Kier alpha value is -1.39. The maximum atomic E-state index is 4.83. The van der Waals surface area contributed by atoms with Crippen LogP contribution in [-0.2, 0) is 6.42 Å². The first-order valence-corrected chi connectivity index (χ1v) is 9.10. The van der Waals surface area contributed by atoms with E-state index in [1.807, 2.05) is 0 Å². The smallest absolute Gasteiger partial charge is 0.109 e. The molecule has 1 aliphatic heterocycles. The SMILES string of the molecule is CCc1nc2ccccc2n1C1CCN(CCNC(C)C)CC1. The minimum absolute atomic E-state index is 0.581. The highest BCUT2D eigenvalue weighted by Crippen LogP contribution is 2.28. The van der Waals surface area contributed by atoms with Crippen LogP contribution in [0.3, 0.4) is 0 Å². The Labute approximate surface area is 139 Å². The van der Waals surface area contributed by atoms with Crippen molar-refractivity contribution >= 4 is 11.0 Å². The average molecular weight is 314 g/mol. The first-order chi connectivity index (χ1) is 11.2. The number of nitrogens with one attached hydrogen (secondary N) is 1. The summed E-state index contributed by atoms with van der Waals surface area (Å²) in [4.78, 5) is 7.43. The van der Waals surface area contributed by atoms with Crippen LogP contribution in [0.25, 0.3) is 11.0 Å². The number of benzene rings is 1. The number of para-hydroxylation sites is 2. The van der Waals surface area contributed by atoms with Gasteiger partial charge in [-0.25, -0.2) is 4.98 Å². The largest absolute Gasteiger partial charge is 0.325 e. The van der Waals surface area contributed by atoms with E-state index in [-0.39, 0.29) is 0 Å². The minimum Gasteiger partial charge on any atom is -0.325 e. The highest BCUT2D eigenvalue weighted by molar-refractivity contribution is 5.76. The second-order valence-corrected chi connectivity index (χ2v) is 6.92. The molecule has 1 aliphatic rings. The molecule has 1 N–H and O–H groups in total. The van der Waals surface area contributed by atoms with Gasteiger partial charge >= 0.3 is 0 Å². The van der Waals surface area contributed by atoms with Crippen LogP contribution in [0.5, 0.6) is 0 Å². The summed E-state index contributed by atoms with van der Waals surface area (Å²) in [5.74, 6) is 1.24. The predicted octanol–water partition coefficient (Wildman–Crippen LogP) is 3.23. The average Bonchev–Trinajstić information content (AvgIpc) is 2.94. The number of aromatic nitrogens is 2. The summed E-state index contributed by atoms with van der Waals surface area (Å²) < 4.78 is 2.51. The molecule has 126 valence electrons. The van der Waals surface area contributed by atoms with E-state index in [2.05, 4.69) is 59.8 Å². The molecule has 0 amide bonds. The molecule has 0 saturated carbocycles. The van der Waals surface area contributed by atoms with Crippen LogP contribution in [0.2, 0.25) is 0 Å². The number of rotatable bonds is 6. The molecule has 0 bridgehead atoms. The van der Waals surface area contributed by atoms with E-state index < -0.39 is 0 Å². The first-order valence-electron chi connectivity index (χ1n) is 9.10. The maximum absolute atomic E-state index is 4.83. The van der Waals surface area contributed by atoms with Gasteiger partial charge < -0.3 is 14.8 Å². The topological polar surface area (TPSA) is 33.1 Å². The summed E-state index contributed by atoms with van der Waals surface area (Å²) in [7, 11) is 0. The molecule has 0 radical (unpaired) electrons. The van der Waals surface area contributed by atoms with Gasteiger partial charge in [-0.1, -0.05) is 32.9 Å². The third kappa shape index (κ3) is 3.75. The van der Waals surface area contributed by atoms with Crippen LogP contribution in [0, 0.1) is 0 Å². The van der Waals surface area contributed by atoms with Gasteiger partial charge in [0, 0.05) is 44.7 Å². The summed E-state index contributed by atoms with van der Waals surface area (Å²) in [6.45, 7) is 11.3. The van der Waals surface area contributed by atoms with Crippen molar-refractivity contribution in [3.05, 3.63) is 30.1 Å². The van der Waals surface area contributed by atoms with Gasteiger partial charge in [-0.05, 0) is 25.0 Å². The highest BCUT2D eigenvalue weighted by Gasteiger charge is 2.23. The van der Waals surface area contributed by atoms with Gasteiger partial charge in [0.1, 0.15) is 5.82 Å². The summed E-state index contributed by atoms with van der Waals surface area (Å²) in [6, 6.07) is 9.76. The summed E-state index contributed by atoms with van der Waals surface area (Å²) in [6.07, 6.45) is 3.47. The number of piperidine rings is 1. The Morgan fingerprint density at radius 3 is 2.65 bits per heavy atom. The molecule has 2 heterocycles. The van der Waals surface area contributed by atoms with Crippen LogP contribution in [0.4, 0.5) is 0 Å². The Balaban J connectivity index is 1.66. The monoisotopic (exact) mass is 314 g/mol. The van der Waals surface area contributed by atoms with Crippen molar-refractivity contribution in [3.8, 4) is 0 Å². The predicted molar refractivity (Wildman–Crippen MR) is 97.0 cm³/mol. The molecule has 1 fully saturated rings. The van der Waals surface area contributed by atoms with Gasteiger partial charge in [0.15, 0.2) is 0 Å². The number of aryl methyl sites for hydroxylation is 1. The zero-order chi connectivity index (χ0) is 16.2. The van der Waals surface area contributed by atoms with E-state index in [4.69, 9.17) is 4.98 Å². The number of likely N-dealkylation sites (tertiary alicyclic amines) is 1. The molecule has 0 spiro atoms. The minimum atomic E-state index is 0.581. The third-order valence-electron chi connectivity index (χ3n) is 4.89. The zero-order valence-corrected chi connectivity index (χ0v) is 14.8. The van der Waals surface area contributed by atoms with Gasteiger partial charge in [-0.3, -0.25) is 0 Å². The lowest BCUT2D eigenvalue weighted by molar-refractivity contribution is 0.186. The zero-order valence-electron chi connectivity index (χ0n) is 14.8. The molecule has 1 aromatic carbocycles. The van der Waals surface area contributed by atoms with E-state index in [0.717, 1.165) is 25.0 Å². The van der Waals surface area contributed by atoms with E-state index in [1.165, 1.54) is 37.3 Å². The normalized spacial score (nSPS) is 17.4. The summed E-state index contributed by atoms with van der Waals surface area (Å²) in [5.41, 5.74) is 2.46. The van der Waals surface area contributed by atoms with E-state index in [9.17, 15) is 0 Å². The molecule has 1 aromatic heterocycles. The van der Waals surface area contributed by atoms with Crippen molar-refractivity contribution in [2.45, 2.75) is 52.1 Å². The Kier molecular flexibility index (Phi) is 5.34. The van der Waals surface area contributed by atoms with Crippen LogP contribution in [-0.4, -0.2) is 46.7 Å². The number of nitrogens with zero attached hydrogens (tertiary/aromatic N) is 3. The highest BCUT2D eigenvalue weighted by atomic mass is 15.2. The van der Waals surface area contributed by atoms with Gasteiger partial charge in [0.2, 0.25) is 0 Å².